The summed E-state index contributed by atoms with van der Waals surface area (Å²) in [5.74, 6) is 0.930. The summed E-state index contributed by atoms with van der Waals surface area (Å²) in [6.07, 6.45) is 0. The number of aryl methyl sites for hydroxylation is 2. The maximum Gasteiger partial charge on any atom is 0.133 e. The third-order valence-corrected chi connectivity index (χ3v) is 4.89. The van der Waals surface area contributed by atoms with Crippen molar-refractivity contribution in [3.05, 3.63) is 53.6 Å². The SMILES string of the molecule is COc1ccccc1SSc1cc(C)cc(C)c1. The molecule has 0 aliphatic rings. The molecule has 0 heterocycles. The molecule has 0 bridgehead atoms. The molecule has 2 aromatic carbocycles. The van der Waals surface area contributed by atoms with Crippen LogP contribution in [-0.4, -0.2) is 7.11 Å². The summed E-state index contributed by atoms with van der Waals surface area (Å²) < 4.78 is 5.35. The van der Waals surface area contributed by atoms with Crippen LogP contribution in [0, 0.1) is 13.8 Å². The third kappa shape index (κ3) is 3.47. The van der Waals surface area contributed by atoms with Gasteiger partial charge in [-0.05, 0) is 60.0 Å². The van der Waals surface area contributed by atoms with Crippen molar-refractivity contribution < 1.29 is 4.74 Å². The van der Waals surface area contributed by atoms with E-state index in [1.165, 1.54) is 16.0 Å². The minimum Gasteiger partial charge on any atom is -0.496 e. The molecule has 0 radical (unpaired) electrons. The first-order valence-electron chi connectivity index (χ1n) is 5.75. The summed E-state index contributed by atoms with van der Waals surface area (Å²) in [6, 6.07) is 14.7. The van der Waals surface area contributed by atoms with Gasteiger partial charge < -0.3 is 4.74 Å². The second kappa shape index (κ2) is 6.21. The number of methoxy groups -OCH3 is 1. The van der Waals surface area contributed by atoms with Crippen molar-refractivity contribution in [2.45, 2.75) is 23.6 Å². The molecule has 0 aromatic heterocycles. The van der Waals surface area contributed by atoms with Crippen molar-refractivity contribution in [2.24, 2.45) is 0 Å². The van der Waals surface area contributed by atoms with Crippen LogP contribution in [0.25, 0.3) is 0 Å². The van der Waals surface area contributed by atoms with E-state index in [-0.39, 0.29) is 0 Å². The minimum absolute atomic E-state index is 0.930. The van der Waals surface area contributed by atoms with Crippen LogP contribution >= 0.6 is 21.6 Å². The Labute approximate surface area is 116 Å². The monoisotopic (exact) mass is 276 g/mol. The highest BCUT2D eigenvalue weighted by Crippen LogP contribution is 2.41. The van der Waals surface area contributed by atoms with Gasteiger partial charge in [0.25, 0.3) is 0 Å². The first-order valence-corrected chi connectivity index (χ1v) is 7.90. The molecule has 18 heavy (non-hydrogen) atoms. The average molecular weight is 276 g/mol. The maximum atomic E-state index is 5.35. The lowest BCUT2D eigenvalue weighted by molar-refractivity contribution is 0.405. The summed E-state index contributed by atoms with van der Waals surface area (Å²) in [4.78, 5) is 2.44. The Balaban J connectivity index is 2.11. The quantitative estimate of drug-likeness (QED) is 0.718. The van der Waals surface area contributed by atoms with E-state index in [1.54, 1.807) is 28.7 Å². The zero-order valence-electron chi connectivity index (χ0n) is 10.8. The van der Waals surface area contributed by atoms with Crippen molar-refractivity contribution >= 4 is 21.6 Å². The van der Waals surface area contributed by atoms with E-state index < -0.39 is 0 Å². The number of para-hydroxylation sites is 1. The molecule has 0 saturated carbocycles. The van der Waals surface area contributed by atoms with Crippen molar-refractivity contribution in [3.8, 4) is 5.75 Å². The van der Waals surface area contributed by atoms with Gasteiger partial charge >= 0.3 is 0 Å². The molecule has 0 unspecified atom stereocenters. The van der Waals surface area contributed by atoms with Gasteiger partial charge in [0.05, 0.1) is 12.0 Å². The molecule has 3 heteroatoms. The predicted molar refractivity (Wildman–Crippen MR) is 80.6 cm³/mol. The lowest BCUT2D eigenvalue weighted by Crippen LogP contribution is -1.84. The molecule has 0 spiro atoms. The molecular formula is C15H16OS2. The summed E-state index contributed by atoms with van der Waals surface area (Å²) in [5.41, 5.74) is 2.61. The third-order valence-electron chi connectivity index (χ3n) is 2.49. The molecule has 1 nitrogen and oxygen atoms in total. The van der Waals surface area contributed by atoms with E-state index >= 15 is 0 Å². The molecule has 2 rings (SSSR count). The Morgan fingerprint density at radius 1 is 0.889 bits per heavy atom. The molecule has 0 aliphatic carbocycles. The zero-order valence-corrected chi connectivity index (χ0v) is 12.4. The number of hydrogen-bond donors (Lipinski definition) is 0. The van der Waals surface area contributed by atoms with Crippen LogP contribution in [0.1, 0.15) is 11.1 Å². The Kier molecular flexibility index (Phi) is 4.61. The number of rotatable bonds is 4. The lowest BCUT2D eigenvalue weighted by atomic mass is 10.2. The van der Waals surface area contributed by atoms with Gasteiger partial charge in [-0.3, -0.25) is 0 Å². The van der Waals surface area contributed by atoms with Gasteiger partial charge in [-0.25, -0.2) is 0 Å². The molecule has 2 aromatic rings. The molecule has 0 aliphatic heterocycles. The molecule has 0 N–H and O–H groups in total. The highest BCUT2D eigenvalue weighted by molar-refractivity contribution is 8.76. The van der Waals surface area contributed by atoms with E-state index in [1.807, 2.05) is 18.2 Å². The first kappa shape index (κ1) is 13.4. The standard InChI is InChI=1S/C15H16OS2/c1-11-8-12(2)10-13(9-11)17-18-15-7-5-4-6-14(15)16-3/h4-10H,1-3H3. The summed E-state index contributed by atoms with van der Waals surface area (Å²) >= 11 is 0. The highest BCUT2D eigenvalue weighted by atomic mass is 33.1. The maximum absolute atomic E-state index is 5.35. The zero-order chi connectivity index (χ0) is 13.0. The summed E-state index contributed by atoms with van der Waals surface area (Å²) in [5, 5.41) is 0. The van der Waals surface area contributed by atoms with Crippen LogP contribution < -0.4 is 4.74 Å². The van der Waals surface area contributed by atoms with Crippen LogP contribution in [0.4, 0.5) is 0 Å². The van der Waals surface area contributed by atoms with Crippen molar-refractivity contribution in [2.75, 3.05) is 7.11 Å². The van der Waals surface area contributed by atoms with E-state index in [0.717, 1.165) is 10.6 Å². The summed E-state index contributed by atoms with van der Waals surface area (Å²) in [7, 11) is 5.21. The highest BCUT2D eigenvalue weighted by Gasteiger charge is 2.04. The van der Waals surface area contributed by atoms with Crippen molar-refractivity contribution in [1.82, 2.24) is 0 Å². The van der Waals surface area contributed by atoms with E-state index in [4.69, 9.17) is 4.74 Å². The molecule has 0 fully saturated rings. The first-order chi connectivity index (χ1) is 8.69. The van der Waals surface area contributed by atoms with Crippen LogP contribution in [0.5, 0.6) is 5.75 Å². The summed E-state index contributed by atoms with van der Waals surface area (Å²) in [6.45, 7) is 4.26. The van der Waals surface area contributed by atoms with Gasteiger partial charge in [0.2, 0.25) is 0 Å². The Morgan fingerprint density at radius 3 is 2.22 bits per heavy atom. The van der Waals surface area contributed by atoms with Crippen LogP contribution in [0.2, 0.25) is 0 Å². The largest absolute Gasteiger partial charge is 0.496 e. The van der Waals surface area contributed by atoms with Gasteiger partial charge in [-0.15, -0.1) is 0 Å². The fraction of sp³-hybridized carbons (Fsp3) is 0.200. The minimum atomic E-state index is 0.930. The molecule has 0 atom stereocenters. The van der Waals surface area contributed by atoms with E-state index in [9.17, 15) is 0 Å². The lowest BCUT2D eigenvalue weighted by Gasteiger charge is -2.07. The van der Waals surface area contributed by atoms with Gasteiger partial charge in [0.1, 0.15) is 5.75 Å². The Morgan fingerprint density at radius 2 is 1.56 bits per heavy atom. The number of benzene rings is 2. The van der Waals surface area contributed by atoms with Gasteiger partial charge in [-0.1, -0.05) is 29.0 Å². The van der Waals surface area contributed by atoms with Crippen molar-refractivity contribution in [3.63, 3.8) is 0 Å². The predicted octanol–water partition coefficient (Wildman–Crippen LogP) is 5.11. The fourth-order valence-electron chi connectivity index (χ4n) is 1.76. The normalized spacial score (nSPS) is 10.4. The number of hydrogen-bond acceptors (Lipinski definition) is 3. The van der Waals surface area contributed by atoms with Crippen molar-refractivity contribution in [1.29, 1.82) is 0 Å². The molecule has 0 amide bonds. The van der Waals surface area contributed by atoms with E-state index in [0.29, 0.717) is 0 Å². The van der Waals surface area contributed by atoms with Gasteiger partial charge in [0, 0.05) is 4.90 Å². The van der Waals surface area contributed by atoms with Crippen LogP contribution in [-0.2, 0) is 0 Å². The van der Waals surface area contributed by atoms with Crippen LogP contribution in [0.15, 0.2) is 52.3 Å². The Bertz CT molecular complexity index is 518. The Hall–Kier alpha value is -1.06. The fourth-order valence-corrected chi connectivity index (χ4v) is 4.04. The second-order valence-corrected chi connectivity index (χ2v) is 6.39. The number of ether oxygens (including phenoxy) is 1. The molecule has 94 valence electrons. The molecule has 0 saturated heterocycles. The average Bonchev–Trinajstić information content (AvgIpc) is 2.35. The topological polar surface area (TPSA) is 9.23 Å². The smallest absolute Gasteiger partial charge is 0.133 e. The molecular weight excluding hydrogens is 260 g/mol. The van der Waals surface area contributed by atoms with Gasteiger partial charge in [0.15, 0.2) is 0 Å². The van der Waals surface area contributed by atoms with Gasteiger partial charge in [-0.2, -0.15) is 0 Å². The van der Waals surface area contributed by atoms with E-state index in [2.05, 4.69) is 38.1 Å². The van der Waals surface area contributed by atoms with Crippen LogP contribution in [0.3, 0.4) is 0 Å². The second-order valence-electron chi connectivity index (χ2n) is 4.14.